The molecule has 0 aromatic heterocycles. The first kappa shape index (κ1) is 6.80. The molecule has 0 spiro atoms. The van der Waals surface area contributed by atoms with Crippen molar-refractivity contribution in [3.05, 3.63) is 11.8 Å². The molecule has 1 rings (SSSR count). The lowest BCUT2D eigenvalue weighted by atomic mass is 10.5. The van der Waals surface area contributed by atoms with Gasteiger partial charge in [0, 0.05) is 13.0 Å². The van der Waals surface area contributed by atoms with E-state index in [4.69, 9.17) is 5.11 Å². The highest BCUT2D eigenvalue weighted by atomic mass is 16.3. The van der Waals surface area contributed by atoms with Gasteiger partial charge < -0.3 is 5.11 Å². The van der Waals surface area contributed by atoms with Gasteiger partial charge in [0.25, 0.3) is 5.91 Å². The Labute approximate surface area is 57.7 Å². The van der Waals surface area contributed by atoms with Gasteiger partial charge in [-0.1, -0.05) is 0 Å². The Hall–Kier alpha value is -1.32. The fraction of sp³-hybridized carbons (Fsp3) is 0.333. The summed E-state index contributed by atoms with van der Waals surface area (Å²) in [5, 5.41) is 8.77. The first-order valence-corrected chi connectivity index (χ1v) is 2.83. The van der Waals surface area contributed by atoms with E-state index in [1.807, 2.05) is 0 Å². The molecule has 10 heavy (non-hydrogen) atoms. The summed E-state index contributed by atoms with van der Waals surface area (Å²) < 4.78 is 0. The second-order valence-electron chi connectivity index (χ2n) is 2.08. The SMILES string of the molecule is CC(=O)N1CC(O)=CC1=O. The monoisotopic (exact) mass is 141 g/mol. The zero-order chi connectivity index (χ0) is 7.72. The Morgan fingerprint density at radius 1 is 1.80 bits per heavy atom. The standard InChI is InChI=1S/C6H7NO3/c1-4(8)7-3-5(9)2-6(7)10/h2,9H,3H2,1H3. The van der Waals surface area contributed by atoms with Gasteiger partial charge in [-0.25, -0.2) is 0 Å². The summed E-state index contributed by atoms with van der Waals surface area (Å²) in [4.78, 5) is 22.2. The van der Waals surface area contributed by atoms with Crippen molar-refractivity contribution >= 4 is 11.8 Å². The molecule has 0 aromatic rings. The third kappa shape index (κ3) is 1.00. The second kappa shape index (κ2) is 2.13. The summed E-state index contributed by atoms with van der Waals surface area (Å²) in [6.07, 6.45) is 1.04. The van der Waals surface area contributed by atoms with Crippen LogP contribution in [0.25, 0.3) is 0 Å². The zero-order valence-electron chi connectivity index (χ0n) is 5.50. The van der Waals surface area contributed by atoms with E-state index < -0.39 is 5.91 Å². The van der Waals surface area contributed by atoms with Crippen LogP contribution in [0.3, 0.4) is 0 Å². The number of hydrogen-bond donors (Lipinski definition) is 1. The van der Waals surface area contributed by atoms with Crippen molar-refractivity contribution in [1.29, 1.82) is 0 Å². The van der Waals surface area contributed by atoms with Gasteiger partial charge >= 0.3 is 0 Å². The number of carbonyl (C=O) groups excluding carboxylic acids is 2. The number of imide groups is 1. The molecule has 54 valence electrons. The molecular weight excluding hydrogens is 134 g/mol. The number of amides is 2. The predicted molar refractivity (Wildman–Crippen MR) is 33.1 cm³/mol. The second-order valence-corrected chi connectivity index (χ2v) is 2.08. The largest absolute Gasteiger partial charge is 0.510 e. The first-order valence-electron chi connectivity index (χ1n) is 2.83. The van der Waals surface area contributed by atoms with Gasteiger partial charge in [-0.15, -0.1) is 0 Å². The van der Waals surface area contributed by atoms with Gasteiger partial charge in [0.15, 0.2) is 0 Å². The quantitative estimate of drug-likeness (QED) is 0.509. The molecule has 4 heteroatoms. The highest BCUT2D eigenvalue weighted by molar-refractivity contribution is 6.02. The van der Waals surface area contributed by atoms with Crippen LogP contribution in [0.1, 0.15) is 6.92 Å². The van der Waals surface area contributed by atoms with Gasteiger partial charge in [0.1, 0.15) is 5.76 Å². The molecule has 0 fully saturated rings. The lowest BCUT2D eigenvalue weighted by molar-refractivity contribution is -0.139. The number of hydrogen-bond acceptors (Lipinski definition) is 3. The molecule has 1 heterocycles. The minimum absolute atomic E-state index is 0.0220. The van der Waals surface area contributed by atoms with E-state index in [0.29, 0.717) is 0 Å². The molecule has 0 aliphatic carbocycles. The third-order valence-corrected chi connectivity index (χ3v) is 1.26. The van der Waals surface area contributed by atoms with Crippen molar-refractivity contribution < 1.29 is 14.7 Å². The molecule has 0 radical (unpaired) electrons. The summed E-state index contributed by atoms with van der Waals surface area (Å²) >= 11 is 0. The van der Waals surface area contributed by atoms with Crippen molar-refractivity contribution in [2.45, 2.75) is 6.92 Å². The number of aliphatic hydroxyl groups is 1. The summed E-state index contributed by atoms with van der Waals surface area (Å²) in [5.41, 5.74) is 0. The van der Waals surface area contributed by atoms with Gasteiger partial charge in [0.05, 0.1) is 6.54 Å². The first-order chi connectivity index (χ1) is 4.61. The van der Waals surface area contributed by atoms with Crippen LogP contribution >= 0.6 is 0 Å². The van der Waals surface area contributed by atoms with Crippen LogP contribution in [-0.4, -0.2) is 28.4 Å². The summed E-state index contributed by atoms with van der Waals surface area (Å²) in [6, 6.07) is 0. The number of rotatable bonds is 0. The summed E-state index contributed by atoms with van der Waals surface area (Å²) in [6.45, 7) is 1.30. The third-order valence-electron chi connectivity index (χ3n) is 1.26. The van der Waals surface area contributed by atoms with Crippen molar-refractivity contribution in [1.82, 2.24) is 4.90 Å². The van der Waals surface area contributed by atoms with Crippen LogP contribution in [0.2, 0.25) is 0 Å². The average Bonchev–Trinajstić information content (AvgIpc) is 2.10. The van der Waals surface area contributed by atoms with E-state index in [9.17, 15) is 9.59 Å². The highest BCUT2D eigenvalue weighted by Gasteiger charge is 2.23. The highest BCUT2D eigenvalue weighted by Crippen LogP contribution is 2.06. The van der Waals surface area contributed by atoms with Crippen LogP contribution in [0.4, 0.5) is 0 Å². The van der Waals surface area contributed by atoms with E-state index in [-0.39, 0.29) is 18.2 Å². The zero-order valence-corrected chi connectivity index (χ0v) is 5.50. The van der Waals surface area contributed by atoms with Crippen LogP contribution in [0, 0.1) is 0 Å². The Morgan fingerprint density at radius 3 is 2.60 bits per heavy atom. The maximum Gasteiger partial charge on any atom is 0.257 e. The van der Waals surface area contributed by atoms with Crippen molar-refractivity contribution in [2.75, 3.05) is 6.54 Å². The Kier molecular flexibility index (Phi) is 1.45. The van der Waals surface area contributed by atoms with E-state index in [1.54, 1.807) is 0 Å². The molecule has 1 aliphatic rings. The number of carbonyl (C=O) groups is 2. The lowest BCUT2D eigenvalue weighted by Gasteiger charge is -2.08. The van der Waals surface area contributed by atoms with Crippen molar-refractivity contribution in [2.24, 2.45) is 0 Å². The minimum Gasteiger partial charge on any atom is -0.510 e. The molecule has 1 aliphatic heterocycles. The van der Waals surface area contributed by atoms with Crippen LogP contribution in [-0.2, 0) is 9.59 Å². The molecule has 4 nitrogen and oxygen atoms in total. The van der Waals surface area contributed by atoms with Gasteiger partial charge in [-0.05, 0) is 0 Å². The summed E-state index contributed by atoms with van der Waals surface area (Å²) in [7, 11) is 0. The molecule has 0 saturated carbocycles. The van der Waals surface area contributed by atoms with Gasteiger partial charge in [-0.3, -0.25) is 14.5 Å². The molecule has 1 N–H and O–H groups in total. The molecule has 0 atom stereocenters. The molecule has 0 bridgehead atoms. The predicted octanol–water partition coefficient (Wildman–Crippen LogP) is -0.183. The Balaban J connectivity index is 2.73. The molecule has 0 unspecified atom stereocenters. The maximum atomic E-state index is 10.7. The minimum atomic E-state index is -0.440. The average molecular weight is 141 g/mol. The lowest BCUT2D eigenvalue weighted by Crippen LogP contribution is -2.30. The maximum absolute atomic E-state index is 10.7. The molecule has 0 aromatic carbocycles. The number of aliphatic hydroxyl groups excluding tert-OH is 1. The fourth-order valence-electron chi connectivity index (χ4n) is 0.773. The van der Waals surface area contributed by atoms with Crippen LogP contribution < -0.4 is 0 Å². The topological polar surface area (TPSA) is 57.6 Å². The van der Waals surface area contributed by atoms with E-state index >= 15 is 0 Å². The Morgan fingerprint density at radius 2 is 2.40 bits per heavy atom. The molecular formula is C6H7NO3. The van der Waals surface area contributed by atoms with Crippen molar-refractivity contribution in [3.8, 4) is 0 Å². The van der Waals surface area contributed by atoms with Gasteiger partial charge in [-0.2, -0.15) is 0 Å². The molecule has 2 amide bonds. The molecule has 0 saturated heterocycles. The van der Waals surface area contributed by atoms with E-state index in [2.05, 4.69) is 0 Å². The summed E-state index contributed by atoms with van der Waals surface area (Å²) in [5.74, 6) is -0.837. The van der Waals surface area contributed by atoms with Crippen LogP contribution in [0.5, 0.6) is 0 Å². The van der Waals surface area contributed by atoms with Crippen molar-refractivity contribution in [3.63, 3.8) is 0 Å². The van der Waals surface area contributed by atoms with E-state index in [1.165, 1.54) is 6.92 Å². The van der Waals surface area contributed by atoms with Gasteiger partial charge in [0.2, 0.25) is 5.91 Å². The van der Waals surface area contributed by atoms with Crippen LogP contribution in [0.15, 0.2) is 11.8 Å². The fourth-order valence-corrected chi connectivity index (χ4v) is 0.773. The Bertz CT molecular complexity index is 219. The van der Waals surface area contributed by atoms with E-state index in [0.717, 1.165) is 11.0 Å². The smallest absolute Gasteiger partial charge is 0.257 e. The number of nitrogens with zero attached hydrogens (tertiary/aromatic N) is 1. The normalized spacial score (nSPS) is 17.5.